The molecule has 8 heteroatoms. The first-order valence-electron chi connectivity index (χ1n) is 5.66. The second-order valence-corrected chi connectivity index (χ2v) is 3.72. The van der Waals surface area contributed by atoms with E-state index in [-0.39, 0.29) is 5.56 Å². The molecule has 0 aliphatic rings. The van der Waals surface area contributed by atoms with Crippen molar-refractivity contribution < 1.29 is 9.18 Å². The van der Waals surface area contributed by atoms with Gasteiger partial charge in [0.15, 0.2) is 0 Å². The number of pyridine rings is 1. The maximum absolute atomic E-state index is 13.1. The van der Waals surface area contributed by atoms with E-state index in [0.29, 0.717) is 18.9 Å². The lowest BCUT2D eigenvalue weighted by molar-refractivity contribution is 0.0952. The van der Waals surface area contributed by atoms with Gasteiger partial charge < -0.3 is 10.6 Å². The molecule has 2 aromatic heterocycles. The molecular weight excluding hydrogens is 251 g/mol. The number of carbonyl (C=O) groups is 1. The molecule has 0 unspecified atom stereocenters. The van der Waals surface area contributed by atoms with Crippen molar-refractivity contribution >= 4 is 11.7 Å². The smallest absolute Gasteiger partial charge is 0.255 e. The molecule has 2 heterocycles. The highest BCUT2D eigenvalue weighted by Gasteiger charge is 2.12. The monoisotopic (exact) mass is 264 g/mol. The van der Waals surface area contributed by atoms with Crippen molar-refractivity contribution in [3.63, 3.8) is 0 Å². The number of hydrogen-bond acceptors (Lipinski definition) is 5. The zero-order valence-electron chi connectivity index (χ0n) is 10.3. The van der Waals surface area contributed by atoms with Gasteiger partial charge in [0.2, 0.25) is 0 Å². The summed E-state index contributed by atoms with van der Waals surface area (Å²) in [7, 11) is 1.62. The van der Waals surface area contributed by atoms with Gasteiger partial charge in [-0.2, -0.15) is 0 Å². The Hall–Kier alpha value is -2.51. The van der Waals surface area contributed by atoms with Gasteiger partial charge in [0.05, 0.1) is 24.5 Å². The normalized spacial score (nSPS) is 10.2. The van der Waals surface area contributed by atoms with E-state index in [1.54, 1.807) is 24.1 Å². The van der Waals surface area contributed by atoms with Gasteiger partial charge in [0.25, 0.3) is 5.91 Å². The van der Waals surface area contributed by atoms with Crippen molar-refractivity contribution in [2.75, 3.05) is 18.9 Å². The first-order chi connectivity index (χ1) is 9.20. The molecule has 100 valence electrons. The second-order valence-electron chi connectivity index (χ2n) is 3.72. The van der Waals surface area contributed by atoms with Crippen LogP contribution in [0.3, 0.4) is 0 Å². The maximum atomic E-state index is 13.1. The summed E-state index contributed by atoms with van der Waals surface area (Å²) in [5.74, 6) is -0.614. The van der Waals surface area contributed by atoms with Crippen LogP contribution in [0.5, 0.6) is 0 Å². The SMILES string of the molecule is CNc1ncc(F)cc1C(=O)NCCn1ccnn1. The summed E-state index contributed by atoms with van der Waals surface area (Å²) in [5, 5.41) is 12.8. The summed E-state index contributed by atoms with van der Waals surface area (Å²) in [6, 6.07) is 1.14. The molecule has 0 saturated heterocycles. The van der Waals surface area contributed by atoms with Gasteiger partial charge in [-0.3, -0.25) is 9.48 Å². The first kappa shape index (κ1) is 12.9. The van der Waals surface area contributed by atoms with Crippen molar-refractivity contribution in [1.82, 2.24) is 25.3 Å². The van der Waals surface area contributed by atoms with Crippen LogP contribution in [-0.2, 0) is 6.54 Å². The summed E-state index contributed by atoms with van der Waals surface area (Å²) in [4.78, 5) is 15.7. The van der Waals surface area contributed by atoms with E-state index in [1.165, 1.54) is 0 Å². The Morgan fingerprint density at radius 3 is 3.05 bits per heavy atom. The highest BCUT2D eigenvalue weighted by molar-refractivity contribution is 5.98. The zero-order valence-corrected chi connectivity index (χ0v) is 10.3. The molecule has 0 aliphatic carbocycles. The molecule has 0 fully saturated rings. The zero-order chi connectivity index (χ0) is 13.7. The van der Waals surface area contributed by atoms with Crippen LogP contribution in [0.25, 0.3) is 0 Å². The van der Waals surface area contributed by atoms with Gasteiger partial charge in [-0.15, -0.1) is 5.10 Å². The predicted molar refractivity (Wildman–Crippen MR) is 66.1 cm³/mol. The van der Waals surface area contributed by atoms with E-state index in [0.717, 1.165) is 12.3 Å². The number of rotatable bonds is 5. The van der Waals surface area contributed by atoms with E-state index in [2.05, 4.69) is 25.9 Å². The number of nitrogens with one attached hydrogen (secondary N) is 2. The van der Waals surface area contributed by atoms with Gasteiger partial charge in [0, 0.05) is 19.8 Å². The molecule has 2 N–H and O–H groups in total. The fraction of sp³-hybridized carbons (Fsp3) is 0.273. The molecule has 0 spiro atoms. The summed E-state index contributed by atoms with van der Waals surface area (Å²) < 4.78 is 14.7. The Morgan fingerprint density at radius 2 is 2.37 bits per heavy atom. The van der Waals surface area contributed by atoms with Gasteiger partial charge >= 0.3 is 0 Å². The largest absolute Gasteiger partial charge is 0.372 e. The number of carbonyl (C=O) groups excluding carboxylic acids is 1. The Balaban J connectivity index is 1.97. The fourth-order valence-electron chi connectivity index (χ4n) is 1.54. The number of amides is 1. The summed E-state index contributed by atoms with van der Waals surface area (Å²) in [6.45, 7) is 0.852. The van der Waals surface area contributed by atoms with Crippen molar-refractivity contribution in [2.45, 2.75) is 6.54 Å². The molecule has 2 aromatic rings. The van der Waals surface area contributed by atoms with E-state index in [9.17, 15) is 9.18 Å². The van der Waals surface area contributed by atoms with Crippen LogP contribution < -0.4 is 10.6 Å². The molecule has 19 heavy (non-hydrogen) atoms. The molecule has 0 radical (unpaired) electrons. The van der Waals surface area contributed by atoms with E-state index < -0.39 is 11.7 Å². The van der Waals surface area contributed by atoms with Crippen LogP contribution in [0, 0.1) is 5.82 Å². The van der Waals surface area contributed by atoms with E-state index in [4.69, 9.17) is 0 Å². The Labute approximate surface area is 108 Å². The van der Waals surface area contributed by atoms with Crippen LogP contribution in [0.15, 0.2) is 24.7 Å². The molecule has 2 rings (SSSR count). The average molecular weight is 264 g/mol. The van der Waals surface area contributed by atoms with Crippen molar-refractivity contribution in [3.05, 3.63) is 36.0 Å². The lowest BCUT2D eigenvalue weighted by atomic mass is 10.2. The minimum atomic E-state index is -0.555. The topological polar surface area (TPSA) is 84.7 Å². The fourth-order valence-corrected chi connectivity index (χ4v) is 1.54. The van der Waals surface area contributed by atoms with Crippen LogP contribution in [-0.4, -0.2) is 39.5 Å². The third-order valence-corrected chi connectivity index (χ3v) is 2.43. The van der Waals surface area contributed by atoms with Crippen LogP contribution in [0.4, 0.5) is 10.2 Å². The summed E-state index contributed by atoms with van der Waals surface area (Å²) in [5.41, 5.74) is 0.168. The lowest BCUT2D eigenvalue weighted by Gasteiger charge is -2.09. The minimum Gasteiger partial charge on any atom is -0.372 e. The number of hydrogen-bond donors (Lipinski definition) is 2. The molecule has 7 nitrogen and oxygen atoms in total. The second kappa shape index (κ2) is 5.89. The van der Waals surface area contributed by atoms with Gasteiger partial charge in [0.1, 0.15) is 11.6 Å². The third-order valence-electron chi connectivity index (χ3n) is 2.43. The quantitative estimate of drug-likeness (QED) is 0.810. The van der Waals surface area contributed by atoms with Crippen LogP contribution in [0.2, 0.25) is 0 Å². The summed E-state index contributed by atoms with van der Waals surface area (Å²) >= 11 is 0. The Kier molecular flexibility index (Phi) is 4.01. The molecule has 0 atom stereocenters. The number of halogens is 1. The number of aromatic nitrogens is 4. The van der Waals surface area contributed by atoms with Crippen molar-refractivity contribution in [3.8, 4) is 0 Å². The molecule has 0 aliphatic heterocycles. The van der Waals surface area contributed by atoms with Gasteiger partial charge in [-0.1, -0.05) is 5.21 Å². The van der Waals surface area contributed by atoms with Gasteiger partial charge in [-0.05, 0) is 6.07 Å². The van der Waals surface area contributed by atoms with Gasteiger partial charge in [-0.25, -0.2) is 9.37 Å². The Morgan fingerprint density at radius 1 is 1.53 bits per heavy atom. The highest BCUT2D eigenvalue weighted by Crippen LogP contribution is 2.12. The molecule has 0 aromatic carbocycles. The number of anilines is 1. The first-order valence-corrected chi connectivity index (χ1v) is 5.66. The average Bonchev–Trinajstić information content (AvgIpc) is 2.91. The molecule has 0 bridgehead atoms. The van der Waals surface area contributed by atoms with E-state index in [1.807, 2.05) is 0 Å². The molecule has 0 saturated carbocycles. The van der Waals surface area contributed by atoms with Crippen molar-refractivity contribution in [1.29, 1.82) is 0 Å². The maximum Gasteiger partial charge on any atom is 0.255 e. The molecule has 1 amide bonds. The lowest BCUT2D eigenvalue weighted by Crippen LogP contribution is -2.28. The van der Waals surface area contributed by atoms with E-state index >= 15 is 0 Å². The molecular formula is C11H13FN6O. The summed E-state index contributed by atoms with van der Waals surface area (Å²) in [6.07, 6.45) is 4.30. The highest BCUT2D eigenvalue weighted by atomic mass is 19.1. The van der Waals surface area contributed by atoms with Crippen LogP contribution in [0.1, 0.15) is 10.4 Å². The van der Waals surface area contributed by atoms with Crippen LogP contribution >= 0.6 is 0 Å². The predicted octanol–water partition coefficient (Wildman–Crippen LogP) is 0.284. The van der Waals surface area contributed by atoms with Crippen molar-refractivity contribution in [2.24, 2.45) is 0 Å². The minimum absolute atomic E-state index is 0.168. The third kappa shape index (κ3) is 3.24. The Bertz CT molecular complexity index is 556. The standard InChI is InChI=1S/C11H13FN6O/c1-13-10-9(6-8(12)7-15-10)11(19)14-2-4-18-5-3-16-17-18/h3,5-7H,2,4H2,1H3,(H,13,15)(H,14,19). The number of nitrogens with zero attached hydrogens (tertiary/aromatic N) is 4.